The van der Waals surface area contributed by atoms with E-state index < -0.39 is 0 Å². The number of nitrogens with two attached hydrogens (primary N) is 1. The maximum atomic E-state index is 6.01. The molecule has 5 nitrogen and oxygen atoms in total. The molecule has 2 N–H and O–H groups in total. The number of benzene rings is 2. The topological polar surface area (TPSA) is 77.6 Å². The molecule has 0 amide bonds. The molecule has 2 aromatic carbocycles. The fraction of sp³-hybridized carbons (Fsp3) is 0. The Hall–Kier alpha value is -3.12. The summed E-state index contributed by atoms with van der Waals surface area (Å²) in [5.74, 6) is 0.344. The Labute approximate surface area is 142 Å². The van der Waals surface area contributed by atoms with Crippen LogP contribution in [-0.2, 0) is 0 Å². The first-order valence-electron chi connectivity index (χ1n) is 7.29. The van der Waals surface area contributed by atoms with Crippen LogP contribution in [0.4, 0.5) is 5.82 Å². The quantitative estimate of drug-likeness (QED) is 0.619. The lowest BCUT2D eigenvalue weighted by Crippen LogP contribution is -1.98. The zero-order valence-corrected chi connectivity index (χ0v) is 13.4. The van der Waals surface area contributed by atoms with E-state index >= 15 is 0 Å². The molecule has 6 heteroatoms. The van der Waals surface area contributed by atoms with E-state index in [1.54, 1.807) is 6.20 Å². The molecule has 0 saturated carbocycles. The molecule has 2 aromatic heterocycles. The molecule has 2 heterocycles. The normalized spacial score (nSPS) is 10.7. The van der Waals surface area contributed by atoms with Crippen LogP contribution in [0.5, 0.6) is 0 Å². The van der Waals surface area contributed by atoms with Gasteiger partial charge < -0.3 is 5.73 Å². The molecule has 115 valence electrons. The molecule has 24 heavy (non-hydrogen) atoms. The Balaban J connectivity index is 1.76. The maximum absolute atomic E-state index is 6.01. The van der Waals surface area contributed by atoms with Crippen molar-refractivity contribution in [3.63, 3.8) is 0 Å². The van der Waals surface area contributed by atoms with E-state index in [2.05, 4.69) is 26.2 Å². The molecule has 4 aromatic rings. The van der Waals surface area contributed by atoms with E-state index in [9.17, 15) is 0 Å². The van der Waals surface area contributed by atoms with E-state index in [1.807, 2.05) is 54.6 Å². The van der Waals surface area contributed by atoms with Crippen molar-refractivity contribution in [3.05, 3.63) is 66.9 Å². The highest BCUT2D eigenvalue weighted by Crippen LogP contribution is 2.32. The minimum absolute atomic E-state index is 0.344. The van der Waals surface area contributed by atoms with Crippen molar-refractivity contribution in [1.29, 1.82) is 0 Å². The first-order chi connectivity index (χ1) is 11.8. The molecule has 0 bridgehead atoms. The smallest absolute Gasteiger partial charge is 0.170 e. The number of aromatic nitrogens is 4. The molecule has 0 aliphatic rings. The van der Waals surface area contributed by atoms with Crippen molar-refractivity contribution < 1.29 is 0 Å². The van der Waals surface area contributed by atoms with E-state index in [-0.39, 0.29) is 0 Å². The molecule has 0 aliphatic heterocycles. The van der Waals surface area contributed by atoms with Gasteiger partial charge in [0.25, 0.3) is 0 Å². The van der Waals surface area contributed by atoms with Crippen LogP contribution in [0.25, 0.3) is 32.5 Å². The van der Waals surface area contributed by atoms with E-state index in [1.165, 1.54) is 11.3 Å². The van der Waals surface area contributed by atoms with Crippen LogP contribution in [-0.4, -0.2) is 20.2 Å². The Morgan fingerprint density at radius 2 is 1.62 bits per heavy atom. The van der Waals surface area contributed by atoms with Crippen LogP contribution >= 0.6 is 11.3 Å². The number of nitrogens with zero attached hydrogens (tertiary/aromatic N) is 4. The van der Waals surface area contributed by atoms with Crippen molar-refractivity contribution >= 4 is 17.2 Å². The number of anilines is 1. The van der Waals surface area contributed by atoms with Gasteiger partial charge in [-0.3, -0.25) is 0 Å². The third-order valence-corrected chi connectivity index (χ3v) is 4.44. The second kappa shape index (κ2) is 6.17. The van der Waals surface area contributed by atoms with Gasteiger partial charge in [-0.2, -0.15) is 0 Å². The largest absolute Gasteiger partial charge is 0.382 e. The molecular weight excluding hydrogens is 318 g/mol. The summed E-state index contributed by atoms with van der Waals surface area (Å²) >= 11 is 1.45. The Morgan fingerprint density at radius 3 is 2.42 bits per heavy atom. The summed E-state index contributed by atoms with van der Waals surface area (Å²) < 4.78 is 0. The van der Waals surface area contributed by atoms with Gasteiger partial charge in [-0.1, -0.05) is 65.9 Å². The second-order valence-electron chi connectivity index (χ2n) is 5.06. The summed E-state index contributed by atoms with van der Waals surface area (Å²) in [6.45, 7) is 0. The van der Waals surface area contributed by atoms with Gasteiger partial charge in [0.05, 0.1) is 11.9 Å². The van der Waals surface area contributed by atoms with Gasteiger partial charge in [0.15, 0.2) is 10.8 Å². The summed E-state index contributed by atoms with van der Waals surface area (Å²) in [7, 11) is 0. The fourth-order valence-electron chi connectivity index (χ4n) is 2.27. The Kier molecular flexibility index (Phi) is 3.72. The summed E-state index contributed by atoms with van der Waals surface area (Å²) in [6.07, 6.45) is 1.66. The van der Waals surface area contributed by atoms with Crippen molar-refractivity contribution in [2.45, 2.75) is 0 Å². The standard InChI is InChI=1S/C18H12N5S/c19-16-15(21-14(11-20-16)12-7-3-1-4-8-12)18-23-22-17(24-18)13-9-5-2-6-10-13/h2-11H,(H2,19,20). The maximum Gasteiger partial charge on any atom is 0.170 e. The van der Waals surface area contributed by atoms with Gasteiger partial charge in [-0.25, -0.2) is 9.97 Å². The number of hydrogen-bond acceptors (Lipinski definition) is 6. The average molecular weight is 330 g/mol. The van der Waals surface area contributed by atoms with Gasteiger partial charge in [0, 0.05) is 11.1 Å². The molecule has 0 fully saturated rings. The van der Waals surface area contributed by atoms with Crippen molar-refractivity contribution in [1.82, 2.24) is 20.2 Å². The lowest BCUT2D eigenvalue weighted by molar-refractivity contribution is 1.08. The molecule has 0 spiro atoms. The number of nitrogen functional groups attached to an aromatic ring is 1. The minimum atomic E-state index is 0.344. The highest BCUT2D eigenvalue weighted by molar-refractivity contribution is 7.17. The van der Waals surface area contributed by atoms with Crippen LogP contribution < -0.4 is 5.73 Å². The number of rotatable bonds is 3. The van der Waals surface area contributed by atoms with Crippen molar-refractivity contribution in [2.75, 3.05) is 5.73 Å². The molecule has 1 radical (unpaired) electrons. The summed E-state index contributed by atoms with van der Waals surface area (Å²) in [5.41, 5.74) is 9.27. The first-order valence-corrected chi connectivity index (χ1v) is 8.11. The monoisotopic (exact) mass is 330 g/mol. The van der Waals surface area contributed by atoms with Gasteiger partial charge in [0.2, 0.25) is 0 Å². The van der Waals surface area contributed by atoms with E-state index in [0.29, 0.717) is 16.5 Å². The molecule has 0 atom stereocenters. The third kappa shape index (κ3) is 2.75. The van der Waals surface area contributed by atoms with Gasteiger partial charge >= 0.3 is 0 Å². The summed E-state index contributed by atoms with van der Waals surface area (Å²) in [4.78, 5) is 8.88. The average Bonchev–Trinajstić information content (AvgIpc) is 3.13. The molecule has 4 rings (SSSR count). The van der Waals surface area contributed by atoms with E-state index in [0.717, 1.165) is 21.8 Å². The SMILES string of the molecule is Nc1ncc(-c2cc[c]cc2)nc1-c1nnc(-c2ccccc2)s1. The zero-order chi connectivity index (χ0) is 16.4. The van der Waals surface area contributed by atoms with Crippen molar-refractivity contribution in [2.24, 2.45) is 0 Å². The second-order valence-corrected chi connectivity index (χ2v) is 6.03. The van der Waals surface area contributed by atoms with Crippen LogP contribution in [0.3, 0.4) is 0 Å². The van der Waals surface area contributed by atoms with Gasteiger partial charge in [0.1, 0.15) is 10.7 Å². The third-order valence-electron chi connectivity index (χ3n) is 3.46. The highest BCUT2D eigenvalue weighted by Gasteiger charge is 2.14. The van der Waals surface area contributed by atoms with Crippen LogP contribution in [0.15, 0.2) is 60.8 Å². The predicted molar refractivity (Wildman–Crippen MR) is 95.1 cm³/mol. The van der Waals surface area contributed by atoms with Crippen LogP contribution in [0, 0.1) is 6.07 Å². The zero-order valence-electron chi connectivity index (χ0n) is 12.5. The van der Waals surface area contributed by atoms with Gasteiger partial charge in [-0.05, 0) is 6.07 Å². The minimum Gasteiger partial charge on any atom is -0.382 e. The fourth-order valence-corrected chi connectivity index (χ4v) is 3.12. The first kappa shape index (κ1) is 14.5. The van der Waals surface area contributed by atoms with Crippen LogP contribution in [0.2, 0.25) is 0 Å². The van der Waals surface area contributed by atoms with E-state index in [4.69, 9.17) is 5.73 Å². The highest BCUT2D eigenvalue weighted by atomic mass is 32.1. The molecule has 0 unspecified atom stereocenters. The number of hydrogen-bond donors (Lipinski definition) is 1. The summed E-state index contributed by atoms with van der Waals surface area (Å²) in [5, 5.41) is 9.97. The molecular formula is C18H12N5S. The van der Waals surface area contributed by atoms with Crippen molar-refractivity contribution in [3.8, 4) is 32.5 Å². The van der Waals surface area contributed by atoms with Gasteiger partial charge in [-0.15, -0.1) is 10.2 Å². The van der Waals surface area contributed by atoms with Crippen LogP contribution in [0.1, 0.15) is 0 Å². The Bertz CT molecular complexity index is 967. The molecule has 0 aliphatic carbocycles. The molecule has 0 saturated heterocycles. The summed E-state index contributed by atoms with van der Waals surface area (Å²) in [6, 6.07) is 20.4. The Morgan fingerprint density at radius 1 is 0.875 bits per heavy atom. The lowest BCUT2D eigenvalue weighted by atomic mass is 10.1. The lowest BCUT2D eigenvalue weighted by Gasteiger charge is -2.04. The predicted octanol–water partition coefficient (Wildman–Crippen LogP) is 3.71.